The molecular formula is C21H35N5O2. The Morgan fingerprint density at radius 2 is 1.89 bits per heavy atom. The summed E-state index contributed by atoms with van der Waals surface area (Å²) in [6.07, 6.45) is 3.22. The van der Waals surface area contributed by atoms with Crippen LogP contribution in [-0.4, -0.2) is 75.1 Å². The molecule has 7 heteroatoms. The maximum atomic E-state index is 12.2. The summed E-state index contributed by atoms with van der Waals surface area (Å²) in [5.74, 6) is 1.69. The fourth-order valence-electron chi connectivity index (χ4n) is 3.01. The van der Waals surface area contributed by atoms with Crippen LogP contribution < -0.4 is 15.4 Å². The second-order valence-electron chi connectivity index (χ2n) is 7.29. The summed E-state index contributed by atoms with van der Waals surface area (Å²) < 4.78 is 5.76. The molecule has 0 unspecified atom stereocenters. The molecule has 1 saturated heterocycles. The average Bonchev–Trinajstić information content (AvgIpc) is 3.23. The predicted molar refractivity (Wildman–Crippen MR) is 114 cm³/mol. The molecule has 28 heavy (non-hydrogen) atoms. The van der Waals surface area contributed by atoms with Crippen LogP contribution in [0.15, 0.2) is 29.3 Å². The van der Waals surface area contributed by atoms with E-state index in [0.29, 0.717) is 12.5 Å². The van der Waals surface area contributed by atoms with Gasteiger partial charge in [-0.15, -0.1) is 0 Å². The lowest BCUT2D eigenvalue weighted by Gasteiger charge is -2.17. The van der Waals surface area contributed by atoms with Crippen molar-refractivity contribution in [1.29, 1.82) is 0 Å². The highest BCUT2D eigenvalue weighted by Crippen LogP contribution is 2.13. The third-order valence-electron chi connectivity index (χ3n) is 4.57. The van der Waals surface area contributed by atoms with Crippen LogP contribution in [0.1, 0.15) is 31.7 Å². The fourth-order valence-corrected chi connectivity index (χ4v) is 3.01. The SMILES string of the molecule is CCNC(=NCc1ccc(OCCCN(C)C)cc1)NCC(=O)N1CCCC1. The molecule has 1 aliphatic heterocycles. The molecule has 0 aliphatic carbocycles. The van der Waals surface area contributed by atoms with Crippen LogP contribution in [0.5, 0.6) is 5.75 Å². The fraction of sp³-hybridized carbons (Fsp3) is 0.619. The number of carbonyl (C=O) groups excluding carboxylic acids is 1. The first-order valence-corrected chi connectivity index (χ1v) is 10.2. The molecule has 1 amide bonds. The van der Waals surface area contributed by atoms with Crippen molar-refractivity contribution in [3.05, 3.63) is 29.8 Å². The Balaban J connectivity index is 1.78. The predicted octanol–water partition coefficient (Wildman–Crippen LogP) is 1.69. The third-order valence-corrected chi connectivity index (χ3v) is 4.57. The van der Waals surface area contributed by atoms with E-state index < -0.39 is 0 Å². The zero-order chi connectivity index (χ0) is 20.2. The molecule has 2 N–H and O–H groups in total. The van der Waals surface area contributed by atoms with E-state index in [1.54, 1.807) is 0 Å². The van der Waals surface area contributed by atoms with E-state index in [2.05, 4.69) is 34.6 Å². The Kier molecular flexibility index (Phi) is 9.62. The summed E-state index contributed by atoms with van der Waals surface area (Å²) in [6, 6.07) is 8.03. The van der Waals surface area contributed by atoms with E-state index in [-0.39, 0.29) is 12.5 Å². The number of benzene rings is 1. The molecule has 1 fully saturated rings. The Morgan fingerprint density at radius 3 is 2.54 bits per heavy atom. The van der Waals surface area contributed by atoms with E-state index in [0.717, 1.165) is 63.4 Å². The number of aliphatic imine (C=N–C) groups is 1. The van der Waals surface area contributed by atoms with Gasteiger partial charge in [-0.3, -0.25) is 4.79 Å². The summed E-state index contributed by atoms with van der Waals surface area (Å²) in [6.45, 7) is 7.09. The lowest BCUT2D eigenvalue weighted by molar-refractivity contribution is -0.128. The second kappa shape index (κ2) is 12.2. The minimum atomic E-state index is 0.138. The molecular weight excluding hydrogens is 354 g/mol. The first-order valence-electron chi connectivity index (χ1n) is 10.2. The van der Waals surface area contributed by atoms with Crippen LogP contribution in [0.4, 0.5) is 0 Å². The van der Waals surface area contributed by atoms with Crippen LogP contribution in [0.3, 0.4) is 0 Å². The van der Waals surface area contributed by atoms with Gasteiger partial charge in [-0.25, -0.2) is 4.99 Å². The van der Waals surface area contributed by atoms with Crippen molar-refractivity contribution in [2.75, 3.05) is 53.4 Å². The van der Waals surface area contributed by atoms with Gasteiger partial charge < -0.3 is 25.2 Å². The Morgan fingerprint density at radius 1 is 1.18 bits per heavy atom. The van der Waals surface area contributed by atoms with Crippen LogP contribution >= 0.6 is 0 Å². The standard InChI is InChI=1S/C21H35N5O2/c1-4-22-21(24-17-20(27)26-13-5-6-14-26)23-16-18-8-10-19(11-9-18)28-15-7-12-25(2)3/h8-11H,4-7,12-17H2,1-3H3,(H2,22,23,24). The van der Waals surface area contributed by atoms with Crippen molar-refractivity contribution < 1.29 is 9.53 Å². The Bertz CT molecular complexity index is 610. The van der Waals surface area contributed by atoms with Crippen LogP contribution in [0.2, 0.25) is 0 Å². The number of likely N-dealkylation sites (tertiary alicyclic amines) is 1. The highest BCUT2D eigenvalue weighted by molar-refractivity contribution is 5.86. The van der Waals surface area contributed by atoms with E-state index in [1.165, 1.54) is 0 Å². The summed E-state index contributed by atoms with van der Waals surface area (Å²) >= 11 is 0. The van der Waals surface area contributed by atoms with E-state index in [1.807, 2.05) is 36.1 Å². The highest BCUT2D eigenvalue weighted by atomic mass is 16.5. The molecule has 7 nitrogen and oxygen atoms in total. The van der Waals surface area contributed by atoms with Crippen molar-refractivity contribution in [2.45, 2.75) is 32.7 Å². The summed E-state index contributed by atoms with van der Waals surface area (Å²) in [4.78, 5) is 20.8. The molecule has 1 aromatic rings. The van der Waals surface area contributed by atoms with Crippen molar-refractivity contribution in [1.82, 2.24) is 20.4 Å². The van der Waals surface area contributed by atoms with E-state index >= 15 is 0 Å². The summed E-state index contributed by atoms with van der Waals surface area (Å²) in [5.41, 5.74) is 1.10. The van der Waals surface area contributed by atoms with Gasteiger partial charge in [0.2, 0.25) is 5.91 Å². The number of rotatable bonds is 10. The monoisotopic (exact) mass is 389 g/mol. The molecule has 0 saturated carbocycles. The van der Waals surface area contributed by atoms with Crippen molar-refractivity contribution in [2.24, 2.45) is 4.99 Å². The zero-order valence-corrected chi connectivity index (χ0v) is 17.5. The molecule has 1 heterocycles. The maximum Gasteiger partial charge on any atom is 0.241 e. The molecule has 1 aromatic carbocycles. The summed E-state index contributed by atoms with van der Waals surface area (Å²) in [7, 11) is 4.13. The number of ether oxygens (including phenoxy) is 1. The van der Waals surface area contributed by atoms with Crippen molar-refractivity contribution >= 4 is 11.9 Å². The molecule has 0 aromatic heterocycles. The maximum absolute atomic E-state index is 12.2. The van der Waals surface area contributed by atoms with Gasteiger partial charge in [-0.2, -0.15) is 0 Å². The van der Waals surface area contributed by atoms with Crippen molar-refractivity contribution in [3.8, 4) is 5.75 Å². The topological polar surface area (TPSA) is 69.2 Å². The molecule has 0 bridgehead atoms. The van der Waals surface area contributed by atoms with Crippen molar-refractivity contribution in [3.63, 3.8) is 0 Å². The third kappa shape index (κ3) is 8.17. The van der Waals surface area contributed by atoms with Gasteiger partial charge in [0, 0.05) is 26.2 Å². The summed E-state index contributed by atoms with van der Waals surface area (Å²) in [5, 5.41) is 6.33. The number of carbonyl (C=O) groups is 1. The van der Waals surface area contributed by atoms with Gasteiger partial charge in [-0.05, 0) is 58.0 Å². The van der Waals surface area contributed by atoms with E-state index in [4.69, 9.17) is 4.74 Å². The number of nitrogens with zero attached hydrogens (tertiary/aromatic N) is 3. The Hall–Kier alpha value is -2.28. The van der Waals surface area contributed by atoms with Gasteiger partial charge in [0.25, 0.3) is 0 Å². The highest BCUT2D eigenvalue weighted by Gasteiger charge is 2.17. The lowest BCUT2D eigenvalue weighted by Crippen LogP contribution is -2.44. The number of hydrogen-bond donors (Lipinski definition) is 2. The van der Waals surface area contributed by atoms with Crippen LogP contribution in [0, 0.1) is 0 Å². The number of hydrogen-bond acceptors (Lipinski definition) is 4. The molecule has 156 valence electrons. The molecule has 1 aliphatic rings. The number of amides is 1. The van der Waals surface area contributed by atoms with Gasteiger partial charge in [0.15, 0.2) is 5.96 Å². The smallest absolute Gasteiger partial charge is 0.241 e. The second-order valence-corrected chi connectivity index (χ2v) is 7.29. The normalized spacial score (nSPS) is 14.4. The minimum Gasteiger partial charge on any atom is -0.494 e. The minimum absolute atomic E-state index is 0.138. The van der Waals surface area contributed by atoms with E-state index in [9.17, 15) is 4.79 Å². The van der Waals surface area contributed by atoms with Gasteiger partial charge in [0.1, 0.15) is 5.75 Å². The molecule has 0 spiro atoms. The Labute approximate surface area is 169 Å². The average molecular weight is 390 g/mol. The van der Waals surface area contributed by atoms with Crippen LogP contribution in [0.25, 0.3) is 0 Å². The molecule has 0 radical (unpaired) electrons. The van der Waals surface area contributed by atoms with Gasteiger partial charge in [-0.1, -0.05) is 12.1 Å². The van der Waals surface area contributed by atoms with Crippen LogP contribution in [-0.2, 0) is 11.3 Å². The van der Waals surface area contributed by atoms with Gasteiger partial charge >= 0.3 is 0 Å². The zero-order valence-electron chi connectivity index (χ0n) is 17.5. The number of nitrogens with one attached hydrogen (secondary N) is 2. The number of guanidine groups is 1. The van der Waals surface area contributed by atoms with Gasteiger partial charge in [0.05, 0.1) is 19.7 Å². The largest absolute Gasteiger partial charge is 0.494 e. The first-order chi connectivity index (χ1) is 13.6. The lowest BCUT2D eigenvalue weighted by atomic mass is 10.2. The quantitative estimate of drug-likeness (QED) is 0.362. The molecule has 0 atom stereocenters. The molecule has 2 rings (SSSR count). The first kappa shape index (κ1) is 22.0.